The Bertz CT molecular complexity index is 206. The predicted octanol–water partition coefficient (Wildman–Crippen LogP) is 1.37. The van der Waals surface area contributed by atoms with Gasteiger partial charge in [0.1, 0.15) is 5.72 Å². The highest BCUT2D eigenvalue weighted by molar-refractivity contribution is 5.04. The molecule has 3 bridgehead atoms. The van der Waals surface area contributed by atoms with Crippen LogP contribution < -0.4 is 5.32 Å². The van der Waals surface area contributed by atoms with Crippen LogP contribution >= 0.6 is 0 Å². The summed E-state index contributed by atoms with van der Waals surface area (Å²) in [4.78, 5) is 0. The van der Waals surface area contributed by atoms with Gasteiger partial charge in [0.2, 0.25) is 0 Å². The van der Waals surface area contributed by atoms with E-state index in [1.165, 1.54) is 32.2 Å². The zero-order valence-corrected chi connectivity index (χ0v) is 7.68. The largest absolute Gasteiger partial charge is 0.364 e. The van der Waals surface area contributed by atoms with E-state index < -0.39 is 0 Å². The molecule has 3 rings (SSSR count). The molecule has 0 aromatic heterocycles. The summed E-state index contributed by atoms with van der Waals surface area (Å²) < 4.78 is 5.69. The zero-order valence-electron chi connectivity index (χ0n) is 7.68. The quantitative estimate of drug-likeness (QED) is 0.637. The average molecular weight is 167 g/mol. The fourth-order valence-electron chi connectivity index (χ4n) is 3.73. The van der Waals surface area contributed by atoms with E-state index in [0.29, 0.717) is 0 Å². The van der Waals surface area contributed by atoms with Crippen LogP contribution in [0.1, 0.15) is 25.7 Å². The first-order chi connectivity index (χ1) is 5.82. The summed E-state index contributed by atoms with van der Waals surface area (Å²) in [6.45, 7) is 1.20. The van der Waals surface area contributed by atoms with Gasteiger partial charge in [0.25, 0.3) is 0 Å². The minimum Gasteiger partial charge on any atom is -0.364 e. The van der Waals surface area contributed by atoms with Crippen molar-refractivity contribution in [3.8, 4) is 0 Å². The number of hydrogen-bond acceptors (Lipinski definition) is 2. The molecule has 2 saturated carbocycles. The molecule has 12 heavy (non-hydrogen) atoms. The second-order valence-corrected chi connectivity index (χ2v) is 4.81. The van der Waals surface area contributed by atoms with E-state index in [4.69, 9.17) is 4.74 Å². The summed E-state index contributed by atoms with van der Waals surface area (Å²) in [5.41, 5.74) is 0.0949. The van der Waals surface area contributed by atoms with Crippen molar-refractivity contribution in [1.29, 1.82) is 0 Å². The van der Waals surface area contributed by atoms with Crippen molar-refractivity contribution < 1.29 is 4.74 Å². The first-order valence-corrected chi connectivity index (χ1v) is 5.12. The standard InChI is InChI=1S/C10H17NO/c1-12-10-5-7-2-8(6-11-10)4-9(10)3-7/h7-9,11H,2-6H2,1H3. The number of piperidine rings is 1. The topological polar surface area (TPSA) is 21.3 Å². The van der Waals surface area contributed by atoms with E-state index in [2.05, 4.69) is 5.32 Å². The molecule has 3 fully saturated rings. The van der Waals surface area contributed by atoms with Crippen LogP contribution in [0, 0.1) is 17.8 Å². The van der Waals surface area contributed by atoms with Crippen molar-refractivity contribution >= 4 is 0 Å². The molecule has 2 aliphatic carbocycles. The van der Waals surface area contributed by atoms with Crippen molar-refractivity contribution in [1.82, 2.24) is 5.32 Å². The maximum Gasteiger partial charge on any atom is 0.121 e. The molecular formula is C10H17NO. The zero-order chi connectivity index (χ0) is 8.18. The predicted molar refractivity (Wildman–Crippen MR) is 46.7 cm³/mol. The van der Waals surface area contributed by atoms with Crippen LogP contribution in [0.5, 0.6) is 0 Å². The lowest BCUT2D eigenvalue weighted by Gasteiger charge is -2.42. The van der Waals surface area contributed by atoms with Crippen molar-refractivity contribution in [2.75, 3.05) is 13.7 Å². The molecule has 1 aliphatic heterocycles. The van der Waals surface area contributed by atoms with Gasteiger partial charge in [-0.15, -0.1) is 0 Å². The van der Waals surface area contributed by atoms with Crippen LogP contribution in [0.2, 0.25) is 0 Å². The van der Waals surface area contributed by atoms with Gasteiger partial charge in [-0.1, -0.05) is 0 Å². The molecular weight excluding hydrogens is 150 g/mol. The van der Waals surface area contributed by atoms with E-state index in [0.717, 1.165) is 17.8 Å². The molecule has 4 atom stereocenters. The molecule has 0 radical (unpaired) electrons. The Morgan fingerprint density at radius 2 is 2.08 bits per heavy atom. The molecule has 2 heteroatoms. The Hall–Kier alpha value is -0.0800. The number of nitrogens with one attached hydrogen (secondary N) is 1. The molecule has 1 N–H and O–H groups in total. The number of rotatable bonds is 1. The van der Waals surface area contributed by atoms with Crippen molar-refractivity contribution in [2.24, 2.45) is 17.8 Å². The van der Waals surface area contributed by atoms with Gasteiger partial charge in [0.15, 0.2) is 0 Å². The van der Waals surface area contributed by atoms with Crippen LogP contribution in [-0.2, 0) is 4.74 Å². The van der Waals surface area contributed by atoms with Crippen molar-refractivity contribution in [2.45, 2.75) is 31.4 Å². The number of fused-ring (bicyclic) bond motifs is 2. The molecule has 3 aliphatic rings. The Morgan fingerprint density at radius 3 is 2.92 bits per heavy atom. The Morgan fingerprint density at radius 1 is 1.25 bits per heavy atom. The number of hydrogen-bond donors (Lipinski definition) is 1. The smallest absolute Gasteiger partial charge is 0.121 e. The molecule has 1 saturated heterocycles. The Balaban J connectivity index is 1.96. The van der Waals surface area contributed by atoms with Gasteiger partial charge in [0.05, 0.1) is 0 Å². The van der Waals surface area contributed by atoms with Gasteiger partial charge >= 0.3 is 0 Å². The highest BCUT2D eigenvalue weighted by Gasteiger charge is 2.54. The van der Waals surface area contributed by atoms with Crippen molar-refractivity contribution in [3.05, 3.63) is 0 Å². The summed E-state index contributed by atoms with van der Waals surface area (Å²) in [6, 6.07) is 0. The van der Waals surface area contributed by atoms with Crippen molar-refractivity contribution in [3.63, 3.8) is 0 Å². The lowest BCUT2D eigenvalue weighted by atomic mass is 9.78. The third kappa shape index (κ3) is 0.775. The monoisotopic (exact) mass is 167 g/mol. The number of ether oxygens (including phenoxy) is 1. The molecule has 4 unspecified atom stereocenters. The van der Waals surface area contributed by atoms with Crippen LogP contribution in [-0.4, -0.2) is 19.4 Å². The van der Waals surface area contributed by atoms with Gasteiger partial charge in [-0.25, -0.2) is 0 Å². The third-order valence-electron chi connectivity index (χ3n) is 4.21. The van der Waals surface area contributed by atoms with Gasteiger partial charge < -0.3 is 4.74 Å². The molecule has 68 valence electrons. The second-order valence-electron chi connectivity index (χ2n) is 4.81. The summed E-state index contributed by atoms with van der Waals surface area (Å²) in [5.74, 6) is 2.74. The molecule has 2 nitrogen and oxygen atoms in total. The van der Waals surface area contributed by atoms with Gasteiger partial charge in [0, 0.05) is 19.6 Å². The lowest BCUT2D eigenvalue weighted by Crippen LogP contribution is -2.55. The molecule has 0 amide bonds. The van der Waals surface area contributed by atoms with Crippen LogP contribution in [0.3, 0.4) is 0 Å². The van der Waals surface area contributed by atoms with Gasteiger partial charge in [-0.05, 0) is 37.5 Å². The SMILES string of the molecule is COC12CC3CC(CN1)CC2C3. The fraction of sp³-hybridized carbons (Fsp3) is 1.00. The van der Waals surface area contributed by atoms with Crippen LogP contribution in [0.15, 0.2) is 0 Å². The first kappa shape index (κ1) is 7.34. The highest BCUT2D eigenvalue weighted by atomic mass is 16.5. The molecule has 1 heterocycles. The maximum absolute atomic E-state index is 5.69. The molecule has 0 aromatic carbocycles. The van der Waals surface area contributed by atoms with Crippen LogP contribution in [0.4, 0.5) is 0 Å². The summed E-state index contributed by atoms with van der Waals surface area (Å²) >= 11 is 0. The molecule has 0 spiro atoms. The maximum atomic E-state index is 5.69. The van der Waals surface area contributed by atoms with E-state index in [1.54, 1.807) is 0 Å². The summed E-state index contributed by atoms with van der Waals surface area (Å²) in [6.07, 6.45) is 5.55. The van der Waals surface area contributed by atoms with Gasteiger partial charge in [-0.3, -0.25) is 5.32 Å². The van der Waals surface area contributed by atoms with E-state index in [1.807, 2.05) is 7.11 Å². The average Bonchev–Trinajstić information content (AvgIpc) is 2.25. The minimum absolute atomic E-state index is 0.0949. The minimum atomic E-state index is 0.0949. The first-order valence-electron chi connectivity index (χ1n) is 5.12. The van der Waals surface area contributed by atoms with Crippen LogP contribution in [0.25, 0.3) is 0 Å². The fourth-order valence-corrected chi connectivity index (χ4v) is 3.73. The second kappa shape index (κ2) is 2.24. The van der Waals surface area contributed by atoms with E-state index in [-0.39, 0.29) is 5.72 Å². The number of methoxy groups -OCH3 is 1. The molecule has 0 aromatic rings. The van der Waals surface area contributed by atoms with E-state index in [9.17, 15) is 0 Å². The lowest BCUT2D eigenvalue weighted by molar-refractivity contribution is -0.0899. The third-order valence-corrected chi connectivity index (χ3v) is 4.21. The summed E-state index contributed by atoms with van der Waals surface area (Å²) in [5, 5.41) is 3.61. The Kier molecular flexibility index (Phi) is 1.37. The highest BCUT2D eigenvalue weighted by Crippen LogP contribution is 2.53. The van der Waals surface area contributed by atoms with E-state index >= 15 is 0 Å². The van der Waals surface area contributed by atoms with Gasteiger partial charge in [-0.2, -0.15) is 0 Å². The normalized spacial score (nSPS) is 56.2. The Labute approximate surface area is 73.7 Å². The summed E-state index contributed by atoms with van der Waals surface area (Å²) in [7, 11) is 1.87.